The van der Waals surface area contributed by atoms with Gasteiger partial charge in [-0.2, -0.15) is 0 Å². The van der Waals surface area contributed by atoms with Crippen LogP contribution in [0.4, 0.5) is 0 Å². The topological polar surface area (TPSA) is 58.6 Å². The van der Waals surface area contributed by atoms with Crippen molar-refractivity contribution in [2.45, 2.75) is 0 Å². The predicted molar refractivity (Wildman–Crippen MR) is 71.6 cm³/mol. The summed E-state index contributed by atoms with van der Waals surface area (Å²) in [5.74, 6) is 0.375. The molecule has 1 heterocycles. The number of carbonyl (C=O) groups is 2. The average Bonchev–Trinajstić information content (AvgIpc) is 2.45. The van der Waals surface area contributed by atoms with E-state index in [1.807, 2.05) is 30.3 Å². The maximum Gasteiger partial charge on any atom is 0.253 e. The molecule has 1 aromatic carbocycles. The van der Waals surface area contributed by atoms with E-state index in [2.05, 4.69) is 5.32 Å². The van der Waals surface area contributed by atoms with Gasteiger partial charge < -0.3 is 15.0 Å². The van der Waals surface area contributed by atoms with Gasteiger partial charge in [-0.05, 0) is 12.1 Å². The van der Waals surface area contributed by atoms with E-state index in [1.54, 1.807) is 14.1 Å². The van der Waals surface area contributed by atoms with E-state index in [0.29, 0.717) is 5.57 Å². The molecule has 0 bridgehead atoms. The molecule has 0 saturated heterocycles. The van der Waals surface area contributed by atoms with Crippen molar-refractivity contribution in [3.05, 3.63) is 35.4 Å². The molecular formula is C14H16N2O3. The summed E-state index contributed by atoms with van der Waals surface area (Å²) in [6.45, 7) is 0.266. The Balaban J connectivity index is 2.13. The smallest absolute Gasteiger partial charge is 0.253 e. The Labute approximate surface area is 111 Å². The molecule has 2 rings (SSSR count). The van der Waals surface area contributed by atoms with Crippen LogP contribution < -0.4 is 10.1 Å². The van der Waals surface area contributed by atoms with Crippen LogP contribution >= 0.6 is 0 Å². The third-order valence-electron chi connectivity index (χ3n) is 2.91. The zero-order valence-corrected chi connectivity index (χ0v) is 11.0. The van der Waals surface area contributed by atoms with Crippen molar-refractivity contribution in [3.8, 4) is 5.75 Å². The quantitative estimate of drug-likeness (QED) is 0.869. The molecule has 0 aliphatic carbocycles. The van der Waals surface area contributed by atoms with E-state index in [1.165, 1.54) is 4.90 Å². The van der Waals surface area contributed by atoms with Gasteiger partial charge in [0.25, 0.3) is 5.91 Å². The fourth-order valence-electron chi connectivity index (χ4n) is 1.85. The SMILES string of the molecule is CNC(=O)CN(C)C(=O)C1=Cc2ccccc2OC1. The first-order valence-corrected chi connectivity index (χ1v) is 6.00. The van der Waals surface area contributed by atoms with Crippen LogP contribution in [0.25, 0.3) is 6.08 Å². The summed E-state index contributed by atoms with van der Waals surface area (Å²) in [6.07, 6.45) is 1.81. The van der Waals surface area contributed by atoms with Crippen molar-refractivity contribution >= 4 is 17.9 Å². The number of nitrogens with zero attached hydrogens (tertiary/aromatic N) is 1. The summed E-state index contributed by atoms with van der Waals surface area (Å²) in [6, 6.07) is 7.53. The van der Waals surface area contributed by atoms with Gasteiger partial charge in [0.2, 0.25) is 5.91 Å². The fourth-order valence-corrected chi connectivity index (χ4v) is 1.85. The zero-order chi connectivity index (χ0) is 13.8. The number of benzene rings is 1. The standard InChI is InChI=1S/C14H16N2O3/c1-15-13(17)8-16(2)14(18)11-7-10-5-3-4-6-12(10)19-9-11/h3-7H,8-9H2,1-2H3,(H,15,17). The van der Waals surface area contributed by atoms with E-state index >= 15 is 0 Å². The molecule has 0 radical (unpaired) electrons. The van der Waals surface area contributed by atoms with Gasteiger partial charge in [-0.3, -0.25) is 9.59 Å². The second kappa shape index (κ2) is 5.56. The van der Waals surface area contributed by atoms with Crippen LogP contribution in [0.2, 0.25) is 0 Å². The minimum Gasteiger partial charge on any atom is -0.488 e. The highest BCUT2D eigenvalue weighted by molar-refractivity contribution is 6.00. The Morgan fingerprint density at radius 2 is 2.11 bits per heavy atom. The zero-order valence-electron chi connectivity index (χ0n) is 11.0. The van der Waals surface area contributed by atoms with Crippen molar-refractivity contribution in [3.63, 3.8) is 0 Å². The van der Waals surface area contributed by atoms with Gasteiger partial charge in [-0.25, -0.2) is 0 Å². The second-order valence-electron chi connectivity index (χ2n) is 4.33. The lowest BCUT2D eigenvalue weighted by Gasteiger charge is -2.21. The lowest BCUT2D eigenvalue weighted by molar-refractivity contribution is -0.131. The molecule has 1 aliphatic rings. The molecule has 0 unspecified atom stereocenters. The number of fused-ring (bicyclic) bond motifs is 1. The molecule has 1 aromatic rings. The third-order valence-corrected chi connectivity index (χ3v) is 2.91. The van der Waals surface area contributed by atoms with Crippen LogP contribution in [0.3, 0.4) is 0 Å². The lowest BCUT2D eigenvalue weighted by atomic mass is 10.1. The molecule has 5 nitrogen and oxygen atoms in total. The molecule has 100 valence electrons. The van der Waals surface area contributed by atoms with Gasteiger partial charge in [0, 0.05) is 19.7 Å². The number of nitrogens with one attached hydrogen (secondary N) is 1. The minimum absolute atomic E-state index is 0.0360. The van der Waals surface area contributed by atoms with E-state index in [9.17, 15) is 9.59 Å². The van der Waals surface area contributed by atoms with Crippen molar-refractivity contribution in [2.24, 2.45) is 0 Å². The van der Waals surface area contributed by atoms with Crippen molar-refractivity contribution in [2.75, 3.05) is 27.2 Å². The Bertz CT molecular complexity index is 537. The van der Waals surface area contributed by atoms with Crippen LogP contribution in [-0.4, -0.2) is 44.0 Å². The summed E-state index contributed by atoms with van der Waals surface area (Å²) in [5, 5.41) is 2.49. The molecule has 5 heteroatoms. The van der Waals surface area contributed by atoms with Gasteiger partial charge in [0.1, 0.15) is 12.4 Å². The molecule has 1 aliphatic heterocycles. The summed E-state index contributed by atoms with van der Waals surface area (Å²) in [7, 11) is 3.14. The van der Waals surface area contributed by atoms with E-state index in [0.717, 1.165) is 11.3 Å². The van der Waals surface area contributed by atoms with E-state index in [-0.39, 0.29) is 25.0 Å². The number of amides is 2. The Morgan fingerprint density at radius 1 is 1.37 bits per heavy atom. The van der Waals surface area contributed by atoms with Gasteiger partial charge in [-0.1, -0.05) is 18.2 Å². The number of ether oxygens (including phenoxy) is 1. The molecular weight excluding hydrogens is 244 g/mol. The molecule has 0 fully saturated rings. The van der Waals surface area contributed by atoms with Crippen molar-refractivity contribution in [1.29, 1.82) is 0 Å². The molecule has 0 saturated carbocycles. The first kappa shape index (κ1) is 13.1. The van der Waals surface area contributed by atoms with Crippen molar-refractivity contribution < 1.29 is 14.3 Å². The molecule has 2 amide bonds. The van der Waals surface area contributed by atoms with Crippen LogP contribution in [0.1, 0.15) is 5.56 Å². The lowest BCUT2D eigenvalue weighted by Crippen LogP contribution is -2.38. The highest BCUT2D eigenvalue weighted by Gasteiger charge is 2.21. The number of likely N-dealkylation sites (N-methyl/N-ethyl adjacent to an activating group) is 2. The third kappa shape index (κ3) is 2.93. The van der Waals surface area contributed by atoms with E-state index in [4.69, 9.17) is 4.74 Å². The Kier molecular flexibility index (Phi) is 3.85. The number of rotatable bonds is 3. The van der Waals surface area contributed by atoms with E-state index < -0.39 is 0 Å². The Morgan fingerprint density at radius 3 is 2.84 bits per heavy atom. The normalized spacial score (nSPS) is 12.8. The molecule has 0 aromatic heterocycles. The van der Waals surface area contributed by atoms with Crippen molar-refractivity contribution in [1.82, 2.24) is 10.2 Å². The molecule has 19 heavy (non-hydrogen) atoms. The Hall–Kier alpha value is -2.30. The summed E-state index contributed by atoms with van der Waals surface area (Å²) < 4.78 is 5.52. The van der Waals surface area contributed by atoms with Crippen LogP contribution in [0.15, 0.2) is 29.8 Å². The number of hydrogen-bond donors (Lipinski definition) is 1. The summed E-state index contributed by atoms with van der Waals surface area (Å²) >= 11 is 0. The summed E-state index contributed by atoms with van der Waals surface area (Å²) in [4.78, 5) is 24.8. The summed E-state index contributed by atoms with van der Waals surface area (Å²) in [5.41, 5.74) is 1.43. The van der Waals surface area contributed by atoms with Gasteiger partial charge >= 0.3 is 0 Å². The number of para-hydroxylation sites is 1. The highest BCUT2D eigenvalue weighted by atomic mass is 16.5. The van der Waals surface area contributed by atoms with Crippen LogP contribution in [0, 0.1) is 0 Å². The molecule has 0 atom stereocenters. The number of hydrogen-bond acceptors (Lipinski definition) is 3. The van der Waals surface area contributed by atoms with Gasteiger partial charge in [0.05, 0.1) is 12.1 Å². The van der Waals surface area contributed by atoms with Crippen LogP contribution in [0.5, 0.6) is 5.75 Å². The maximum atomic E-state index is 12.2. The first-order valence-electron chi connectivity index (χ1n) is 6.00. The molecule has 1 N–H and O–H groups in total. The first-order chi connectivity index (χ1) is 9.11. The maximum absolute atomic E-state index is 12.2. The fraction of sp³-hybridized carbons (Fsp3) is 0.286. The van der Waals surface area contributed by atoms with Crippen LogP contribution in [-0.2, 0) is 9.59 Å². The average molecular weight is 260 g/mol. The monoisotopic (exact) mass is 260 g/mol. The van der Waals surface area contributed by atoms with Gasteiger partial charge in [-0.15, -0.1) is 0 Å². The largest absolute Gasteiger partial charge is 0.488 e. The second-order valence-corrected chi connectivity index (χ2v) is 4.33. The highest BCUT2D eigenvalue weighted by Crippen LogP contribution is 2.26. The predicted octanol–water partition coefficient (Wildman–Crippen LogP) is 0.667. The minimum atomic E-state index is -0.200. The number of carbonyl (C=O) groups excluding carboxylic acids is 2. The molecule has 0 spiro atoms. The van der Waals surface area contributed by atoms with Gasteiger partial charge in [0.15, 0.2) is 0 Å².